The van der Waals surface area contributed by atoms with Gasteiger partial charge in [0.2, 0.25) is 0 Å². The molecule has 68 valence electrons. The van der Waals surface area contributed by atoms with Gasteiger partial charge in [0.15, 0.2) is 0 Å². The summed E-state index contributed by atoms with van der Waals surface area (Å²) >= 11 is 9.15. The van der Waals surface area contributed by atoms with Gasteiger partial charge in [0.25, 0.3) is 0 Å². The first kappa shape index (κ1) is 10.4. The molecule has 0 heterocycles. The minimum absolute atomic E-state index is 0.469. The topological polar surface area (TPSA) is 48.8 Å². The predicted molar refractivity (Wildman–Crippen MR) is 56.9 cm³/mol. The molecule has 0 aliphatic rings. The molecule has 3 nitrogen and oxygen atoms in total. The van der Waals surface area contributed by atoms with Crippen LogP contribution in [0.5, 0.6) is 0 Å². The minimum Gasteiger partial charge on any atom is -0.0936 e. The normalized spacial score (nSPS) is 9.38. The molecule has 0 bridgehead atoms. The Bertz CT molecular complexity index is 347. The van der Waals surface area contributed by atoms with Gasteiger partial charge in [0.05, 0.1) is 0 Å². The molecule has 0 aliphatic carbocycles. The van der Waals surface area contributed by atoms with E-state index < -0.39 is 0 Å². The summed E-state index contributed by atoms with van der Waals surface area (Å²) in [6, 6.07) is 5.56. The molecule has 0 atom stereocenters. The number of hydrogen-bond acceptors (Lipinski definition) is 1. The van der Waals surface area contributed by atoms with Crippen molar-refractivity contribution in [1.82, 2.24) is 0 Å². The molecule has 0 saturated carbocycles. The van der Waals surface area contributed by atoms with Crippen LogP contribution in [0.15, 0.2) is 27.8 Å². The standard InChI is InChI=1S/C8H7BrClN3/c9-8-5-7(10)2-1-6(8)3-4-12-13-11/h1-2,5H,3-4H2. The maximum absolute atomic E-state index is 8.08. The van der Waals surface area contributed by atoms with E-state index in [1.54, 1.807) is 0 Å². The Balaban J connectivity index is 2.71. The summed E-state index contributed by atoms with van der Waals surface area (Å²) in [5, 5.41) is 4.15. The molecule has 0 amide bonds. The van der Waals surface area contributed by atoms with E-state index in [0.29, 0.717) is 11.6 Å². The molecule has 1 rings (SSSR count). The highest BCUT2D eigenvalue weighted by atomic mass is 79.9. The first-order valence-corrected chi connectivity index (χ1v) is 4.86. The highest BCUT2D eigenvalue weighted by molar-refractivity contribution is 9.10. The van der Waals surface area contributed by atoms with Gasteiger partial charge in [0, 0.05) is 21.0 Å². The average molecular weight is 261 g/mol. The van der Waals surface area contributed by atoms with Crippen molar-refractivity contribution >= 4 is 27.5 Å². The number of benzene rings is 1. The van der Waals surface area contributed by atoms with Crippen LogP contribution < -0.4 is 0 Å². The Labute approximate surface area is 89.5 Å². The number of rotatable bonds is 3. The fourth-order valence-electron chi connectivity index (χ4n) is 0.940. The van der Waals surface area contributed by atoms with E-state index in [9.17, 15) is 0 Å². The van der Waals surface area contributed by atoms with Crippen molar-refractivity contribution in [2.45, 2.75) is 6.42 Å². The molecule has 0 aromatic heterocycles. The summed E-state index contributed by atoms with van der Waals surface area (Å²) in [6.07, 6.45) is 0.724. The second-order valence-corrected chi connectivity index (χ2v) is 3.73. The average Bonchev–Trinajstić information content (AvgIpc) is 2.09. The van der Waals surface area contributed by atoms with Crippen LogP contribution in [0.2, 0.25) is 5.02 Å². The summed E-state index contributed by atoms with van der Waals surface area (Å²) in [7, 11) is 0. The number of halogens is 2. The summed E-state index contributed by atoms with van der Waals surface area (Å²) in [5.41, 5.74) is 9.18. The largest absolute Gasteiger partial charge is 0.0936 e. The molecule has 0 N–H and O–H groups in total. The van der Waals surface area contributed by atoms with Gasteiger partial charge in [-0.05, 0) is 29.6 Å². The second-order valence-electron chi connectivity index (χ2n) is 2.44. The monoisotopic (exact) mass is 259 g/mol. The Morgan fingerprint density at radius 1 is 1.54 bits per heavy atom. The summed E-state index contributed by atoms with van der Waals surface area (Å²) in [5.74, 6) is 0. The van der Waals surface area contributed by atoms with Gasteiger partial charge in [0.1, 0.15) is 0 Å². The van der Waals surface area contributed by atoms with Crippen molar-refractivity contribution in [1.29, 1.82) is 0 Å². The third-order valence-electron chi connectivity index (χ3n) is 1.56. The minimum atomic E-state index is 0.469. The molecule has 0 radical (unpaired) electrons. The van der Waals surface area contributed by atoms with Crippen LogP contribution in [0, 0.1) is 0 Å². The molecule has 0 spiro atoms. The number of hydrogen-bond donors (Lipinski definition) is 0. The lowest BCUT2D eigenvalue weighted by molar-refractivity contribution is 0.951. The maximum atomic E-state index is 8.08. The smallest absolute Gasteiger partial charge is 0.0417 e. The van der Waals surface area contributed by atoms with Crippen molar-refractivity contribution in [3.63, 3.8) is 0 Å². The van der Waals surface area contributed by atoms with Gasteiger partial charge in [-0.15, -0.1) is 0 Å². The SMILES string of the molecule is [N-]=[N+]=NCCc1ccc(Cl)cc1Br. The Morgan fingerprint density at radius 2 is 2.31 bits per heavy atom. The van der Waals surface area contributed by atoms with Crippen molar-refractivity contribution in [3.8, 4) is 0 Å². The van der Waals surface area contributed by atoms with Gasteiger partial charge in [-0.2, -0.15) is 0 Å². The Kier molecular flexibility index (Phi) is 4.09. The fourth-order valence-corrected chi connectivity index (χ4v) is 1.82. The molecule has 0 saturated heterocycles. The van der Waals surface area contributed by atoms with Crippen LogP contribution in [0.1, 0.15) is 5.56 Å². The lowest BCUT2D eigenvalue weighted by atomic mass is 10.1. The fraction of sp³-hybridized carbons (Fsp3) is 0.250. The summed E-state index contributed by atoms with van der Waals surface area (Å²) in [6.45, 7) is 0.469. The molecular weight excluding hydrogens is 253 g/mol. The number of azide groups is 1. The van der Waals surface area contributed by atoms with Crippen LogP contribution >= 0.6 is 27.5 Å². The van der Waals surface area contributed by atoms with Gasteiger partial charge in [-0.3, -0.25) is 0 Å². The lowest BCUT2D eigenvalue weighted by Gasteiger charge is -2.01. The van der Waals surface area contributed by atoms with Crippen molar-refractivity contribution in [2.24, 2.45) is 5.11 Å². The first-order chi connectivity index (χ1) is 6.24. The molecule has 5 heteroatoms. The van der Waals surface area contributed by atoms with Crippen molar-refractivity contribution in [3.05, 3.63) is 43.7 Å². The third kappa shape index (κ3) is 3.27. The summed E-state index contributed by atoms with van der Waals surface area (Å²) < 4.78 is 0.952. The van der Waals surface area contributed by atoms with Crippen molar-refractivity contribution in [2.75, 3.05) is 6.54 Å². The van der Waals surface area contributed by atoms with Crippen molar-refractivity contribution < 1.29 is 0 Å². The zero-order valence-corrected chi connectivity index (χ0v) is 9.09. The van der Waals surface area contributed by atoms with E-state index in [2.05, 4.69) is 26.0 Å². The first-order valence-electron chi connectivity index (χ1n) is 3.69. The van der Waals surface area contributed by atoms with E-state index in [4.69, 9.17) is 17.1 Å². The molecule has 13 heavy (non-hydrogen) atoms. The van der Waals surface area contributed by atoms with Gasteiger partial charge >= 0.3 is 0 Å². The van der Waals surface area contributed by atoms with Crippen LogP contribution in [0.3, 0.4) is 0 Å². The lowest BCUT2D eigenvalue weighted by Crippen LogP contribution is -1.89. The van der Waals surface area contributed by atoms with Crippen LogP contribution in [-0.2, 0) is 6.42 Å². The quantitative estimate of drug-likeness (QED) is 0.449. The van der Waals surface area contributed by atoms with E-state index >= 15 is 0 Å². The summed E-state index contributed by atoms with van der Waals surface area (Å²) in [4.78, 5) is 2.68. The zero-order chi connectivity index (χ0) is 9.68. The Morgan fingerprint density at radius 3 is 2.92 bits per heavy atom. The van der Waals surface area contributed by atoms with E-state index in [1.165, 1.54) is 0 Å². The van der Waals surface area contributed by atoms with Crippen LogP contribution in [-0.4, -0.2) is 6.54 Å². The highest BCUT2D eigenvalue weighted by Gasteiger charge is 1.99. The van der Waals surface area contributed by atoms with Crippen LogP contribution in [0.25, 0.3) is 10.4 Å². The second kappa shape index (κ2) is 5.12. The maximum Gasteiger partial charge on any atom is 0.0417 e. The van der Waals surface area contributed by atoms with E-state index in [-0.39, 0.29) is 0 Å². The molecular formula is C8H7BrClN3. The molecule has 0 aliphatic heterocycles. The van der Waals surface area contributed by atoms with E-state index in [1.807, 2.05) is 18.2 Å². The Hall–Kier alpha value is -0.700. The van der Waals surface area contributed by atoms with Crippen LogP contribution in [0.4, 0.5) is 0 Å². The number of nitrogens with zero attached hydrogens (tertiary/aromatic N) is 3. The third-order valence-corrected chi connectivity index (χ3v) is 2.53. The molecule has 0 fully saturated rings. The molecule has 1 aromatic rings. The molecule has 0 unspecified atom stereocenters. The molecule has 1 aromatic carbocycles. The predicted octanol–water partition coefficient (Wildman–Crippen LogP) is 3.96. The van der Waals surface area contributed by atoms with E-state index in [0.717, 1.165) is 16.5 Å². The highest BCUT2D eigenvalue weighted by Crippen LogP contribution is 2.21. The van der Waals surface area contributed by atoms with Gasteiger partial charge in [-0.1, -0.05) is 38.7 Å². The van der Waals surface area contributed by atoms with Gasteiger partial charge in [-0.25, -0.2) is 0 Å². The zero-order valence-electron chi connectivity index (χ0n) is 6.74. The van der Waals surface area contributed by atoms with Gasteiger partial charge < -0.3 is 0 Å².